The molecule has 0 aliphatic carbocycles. The first-order valence-corrected chi connectivity index (χ1v) is 4.39. The molecular weight excluding hydrogens is 166 g/mol. The first-order valence-electron chi connectivity index (χ1n) is 1.13. The second-order valence-electron chi connectivity index (χ2n) is 0.613. The van der Waals surface area contributed by atoms with Crippen molar-refractivity contribution in [3.63, 3.8) is 0 Å². The normalized spacial score (nSPS) is 17.4. The molecule has 0 spiro atoms. The predicted molar refractivity (Wildman–Crippen MR) is 24.5 cm³/mol. The van der Waals surface area contributed by atoms with E-state index in [1.54, 1.807) is 0 Å². The first kappa shape index (κ1) is 11.5. The zero-order valence-electron chi connectivity index (χ0n) is 4.05. The van der Waals surface area contributed by atoms with Gasteiger partial charge in [0.2, 0.25) is 6.95 Å². The van der Waals surface area contributed by atoms with E-state index >= 15 is 0 Å². The molecule has 38 valence electrons. The van der Waals surface area contributed by atoms with Crippen LogP contribution in [0.4, 0.5) is 0 Å². The second kappa shape index (κ2) is 4.53. The Morgan fingerprint density at radius 2 is 2.00 bits per heavy atom. The molecular formula is H3ClNaO3PSi. The van der Waals surface area contributed by atoms with Crippen LogP contribution in [0, 0.1) is 0 Å². The summed E-state index contributed by atoms with van der Waals surface area (Å²) in [6.07, 6.45) is 0. The largest absolute Gasteiger partial charge is 1.00 e. The van der Waals surface area contributed by atoms with Gasteiger partial charge in [0.05, 0.1) is 0 Å². The van der Waals surface area contributed by atoms with Crippen molar-refractivity contribution in [2.75, 3.05) is 0 Å². The maximum Gasteiger partial charge on any atom is 1.00 e. The molecule has 0 amide bonds. The smallest absolute Gasteiger partial charge is 0.767 e. The van der Waals surface area contributed by atoms with E-state index in [1.807, 2.05) is 0 Å². The summed E-state index contributed by atoms with van der Waals surface area (Å²) < 4.78 is 13.4. The molecule has 3 nitrogen and oxygen atoms in total. The van der Waals surface area contributed by atoms with Gasteiger partial charge < -0.3 is 9.11 Å². The van der Waals surface area contributed by atoms with Gasteiger partial charge in [-0.2, -0.15) is 0 Å². The molecule has 0 N–H and O–H groups in total. The third-order valence-electron chi connectivity index (χ3n) is 0.218. The maximum atomic E-state index is 9.61. The molecule has 0 saturated carbocycles. The topological polar surface area (TPSA) is 49.4 Å². The number of halogens is 1. The molecule has 0 aromatic rings. The molecule has 0 saturated heterocycles. The van der Waals surface area contributed by atoms with Crippen molar-refractivity contribution in [2.24, 2.45) is 0 Å². The molecule has 0 bridgehead atoms. The predicted octanol–water partition coefficient (Wildman–Crippen LogP) is -4.01. The Balaban J connectivity index is 0. The monoisotopic (exact) mass is 168 g/mol. The zero-order chi connectivity index (χ0) is 5.21. The van der Waals surface area contributed by atoms with Crippen molar-refractivity contribution >= 4 is 28.7 Å². The standard InChI is InChI=1S/ClH4O3PSi.Na/c1-5(2,3)4-6;/h6H3,(H,2,3);/q;+1/p-1. The summed E-state index contributed by atoms with van der Waals surface area (Å²) in [6, 6.07) is 0. The van der Waals surface area contributed by atoms with Crippen molar-refractivity contribution in [3.05, 3.63) is 0 Å². The Hall–Kier alpha value is 1.66. The quantitative estimate of drug-likeness (QED) is 0.296. The van der Waals surface area contributed by atoms with E-state index in [2.05, 4.69) is 15.5 Å². The molecule has 0 radical (unpaired) electrons. The molecule has 0 aliphatic rings. The van der Waals surface area contributed by atoms with Crippen LogP contribution in [0.5, 0.6) is 0 Å². The average Bonchev–Trinajstić information content (AvgIpc) is 1.35. The summed E-state index contributed by atoms with van der Waals surface area (Å²) in [4.78, 5) is 9.61. The Bertz CT molecular complexity index is 79.0. The van der Waals surface area contributed by atoms with Crippen LogP contribution in [0.25, 0.3) is 0 Å². The van der Waals surface area contributed by atoms with Gasteiger partial charge in [-0.05, 0) is 11.2 Å². The van der Waals surface area contributed by atoms with E-state index in [4.69, 9.17) is 0 Å². The molecule has 1 atom stereocenters. The molecule has 1 unspecified atom stereocenters. The molecule has 0 heterocycles. The molecule has 0 fully saturated rings. The van der Waals surface area contributed by atoms with Gasteiger partial charge in [0.1, 0.15) is 0 Å². The molecule has 0 aromatic heterocycles. The third-order valence-corrected chi connectivity index (χ3v) is 3.20. The van der Waals surface area contributed by atoms with E-state index in [0.717, 1.165) is 0 Å². The van der Waals surface area contributed by atoms with Gasteiger partial charge in [-0.15, -0.1) is 0 Å². The SMILES string of the molecule is O=P([O-])(Cl)O[SiH3].[Na+]. The van der Waals surface area contributed by atoms with Crippen LogP contribution in [0.15, 0.2) is 0 Å². The zero-order valence-corrected chi connectivity index (χ0v) is 9.70. The van der Waals surface area contributed by atoms with Gasteiger partial charge in [-0.1, -0.05) is 0 Å². The van der Waals surface area contributed by atoms with Crippen molar-refractivity contribution in [1.82, 2.24) is 0 Å². The molecule has 7 heavy (non-hydrogen) atoms. The fraction of sp³-hybridized carbons (Fsp3) is 0. The van der Waals surface area contributed by atoms with Gasteiger partial charge in [-0.3, -0.25) is 4.57 Å². The fourth-order valence-electron chi connectivity index (χ4n) is 0. The van der Waals surface area contributed by atoms with E-state index in [0.29, 0.717) is 0 Å². The second-order valence-corrected chi connectivity index (χ2v) is 4.18. The Morgan fingerprint density at radius 3 is 2.00 bits per heavy atom. The van der Waals surface area contributed by atoms with Crippen molar-refractivity contribution in [1.29, 1.82) is 0 Å². The Morgan fingerprint density at radius 1 is 1.86 bits per heavy atom. The van der Waals surface area contributed by atoms with Gasteiger partial charge in [0.15, 0.2) is 10.5 Å². The van der Waals surface area contributed by atoms with E-state index < -0.39 is 6.95 Å². The first-order chi connectivity index (χ1) is 2.56. The van der Waals surface area contributed by atoms with Crippen LogP contribution in [-0.4, -0.2) is 10.5 Å². The Labute approximate surface area is 71.5 Å². The summed E-state index contributed by atoms with van der Waals surface area (Å²) in [7, 11) is 0.140. The summed E-state index contributed by atoms with van der Waals surface area (Å²) >= 11 is 4.53. The van der Waals surface area contributed by atoms with Crippen LogP contribution in [-0.2, 0) is 8.78 Å². The van der Waals surface area contributed by atoms with Crippen LogP contribution in [0.2, 0.25) is 0 Å². The Kier molecular flexibility index (Phi) is 7.41. The minimum atomic E-state index is -3.86. The van der Waals surface area contributed by atoms with Crippen LogP contribution in [0.1, 0.15) is 0 Å². The van der Waals surface area contributed by atoms with E-state index in [-0.39, 0.29) is 40.0 Å². The van der Waals surface area contributed by atoms with Gasteiger partial charge in [0.25, 0.3) is 0 Å². The van der Waals surface area contributed by atoms with Crippen LogP contribution >= 0.6 is 18.2 Å². The third kappa shape index (κ3) is 11.3. The minimum Gasteiger partial charge on any atom is -0.767 e. The molecule has 7 heteroatoms. The van der Waals surface area contributed by atoms with Crippen molar-refractivity contribution in [2.45, 2.75) is 0 Å². The summed E-state index contributed by atoms with van der Waals surface area (Å²) in [5, 5.41) is 0. The van der Waals surface area contributed by atoms with Crippen LogP contribution < -0.4 is 34.5 Å². The average molecular weight is 169 g/mol. The maximum absolute atomic E-state index is 9.61. The van der Waals surface area contributed by atoms with E-state index in [1.165, 1.54) is 0 Å². The summed E-state index contributed by atoms with van der Waals surface area (Å²) in [6.45, 7) is -3.86. The van der Waals surface area contributed by atoms with E-state index in [9.17, 15) is 9.46 Å². The minimum absolute atomic E-state index is 0. The van der Waals surface area contributed by atoms with Gasteiger partial charge in [-0.25, -0.2) is 0 Å². The van der Waals surface area contributed by atoms with Crippen LogP contribution in [0.3, 0.4) is 0 Å². The van der Waals surface area contributed by atoms with Crippen molar-refractivity contribution in [3.8, 4) is 0 Å². The number of rotatable bonds is 1. The molecule has 0 aliphatic heterocycles. The van der Waals surface area contributed by atoms with Gasteiger partial charge >= 0.3 is 29.6 Å². The number of hydrogen-bond acceptors (Lipinski definition) is 3. The summed E-state index contributed by atoms with van der Waals surface area (Å²) in [5.74, 6) is 0. The number of hydrogen-bond donors (Lipinski definition) is 0. The van der Waals surface area contributed by atoms with Gasteiger partial charge in [0, 0.05) is 0 Å². The van der Waals surface area contributed by atoms with Crippen molar-refractivity contribution < 1.29 is 43.2 Å². The summed E-state index contributed by atoms with van der Waals surface area (Å²) in [5.41, 5.74) is 0. The molecule has 0 aromatic carbocycles. The fourth-order valence-corrected chi connectivity index (χ4v) is 0. The molecule has 0 rings (SSSR count).